The van der Waals surface area contributed by atoms with Gasteiger partial charge in [0, 0.05) is 29.1 Å². The van der Waals surface area contributed by atoms with Crippen molar-refractivity contribution in [2.75, 3.05) is 0 Å². The zero-order valence-electron chi connectivity index (χ0n) is 14.0. The minimum Gasteiger partial charge on any atom is -0.450 e. The number of hydrogen-bond donors (Lipinski definition) is 2. The third kappa shape index (κ3) is 2.45. The first-order valence-electron chi connectivity index (χ1n) is 8.59. The van der Waals surface area contributed by atoms with Crippen LogP contribution in [0.1, 0.15) is 52.9 Å². The standard InChI is InChI=1S/C19H24N2O2/c1-10-4-5-11(2)17-16(10)12(3)18(23-17)19(22)21-15-8-13-6-7-14(9-15)20-13/h4-5,13-15,20H,6-9H2,1-3H3,(H,21,22). The molecule has 0 radical (unpaired) electrons. The SMILES string of the molecule is Cc1ccc(C)c2c(C)c(C(=O)NC3CC4CCC(C3)N4)oc12. The van der Waals surface area contributed by atoms with E-state index in [1.807, 2.05) is 19.9 Å². The summed E-state index contributed by atoms with van der Waals surface area (Å²) in [7, 11) is 0. The van der Waals surface area contributed by atoms with Crippen molar-refractivity contribution < 1.29 is 9.21 Å². The topological polar surface area (TPSA) is 54.3 Å². The van der Waals surface area contributed by atoms with E-state index in [1.165, 1.54) is 12.8 Å². The summed E-state index contributed by atoms with van der Waals surface area (Å²) in [5.41, 5.74) is 4.03. The molecule has 122 valence electrons. The van der Waals surface area contributed by atoms with E-state index in [0.29, 0.717) is 17.8 Å². The van der Waals surface area contributed by atoms with Crippen molar-refractivity contribution in [3.05, 3.63) is 34.6 Å². The average molecular weight is 312 g/mol. The molecule has 2 aromatic rings. The number of rotatable bonds is 2. The van der Waals surface area contributed by atoms with Gasteiger partial charge in [-0.05, 0) is 57.6 Å². The third-order valence-electron chi connectivity index (χ3n) is 5.50. The van der Waals surface area contributed by atoms with Gasteiger partial charge in [-0.1, -0.05) is 12.1 Å². The molecule has 2 N–H and O–H groups in total. The molecular weight excluding hydrogens is 288 g/mol. The smallest absolute Gasteiger partial charge is 0.287 e. The zero-order valence-corrected chi connectivity index (χ0v) is 14.0. The molecule has 0 saturated carbocycles. The Morgan fingerprint density at radius 1 is 1.13 bits per heavy atom. The lowest BCUT2D eigenvalue weighted by Gasteiger charge is -2.29. The Bertz CT molecular complexity index is 765. The summed E-state index contributed by atoms with van der Waals surface area (Å²) in [4.78, 5) is 12.7. The summed E-state index contributed by atoms with van der Waals surface area (Å²) >= 11 is 0. The van der Waals surface area contributed by atoms with Crippen LogP contribution in [0.5, 0.6) is 0 Å². The fraction of sp³-hybridized carbons (Fsp3) is 0.526. The number of amides is 1. The van der Waals surface area contributed by atoms with Crippen molar-refractivity contribution in [1.29, 1.82) is 0 Å². The monoisotopic (exact) mass is 312 g/mol. The molecule has 3 heterocycles. The normalized spacial score (nSPS) is 26.7. The van der Waals surface area contributed by atoms with Crippen LogP contribution in [0, 0.1) is 20.8 Å². The van der Waals surface area contributed by atoms with E-state index >= 15 is 0 Å². The Morgan fingerprint density at radius 3 is 2.43 bits per heavy atom. The van der Waals surface area contributed by atoms with Crippen LogP contribution < -0.4 is 10.6 Å². The first-order chi connectivity index (χ1) is 11.0. The molecule has 4 heteroatoms. The first-order valence-corrected chi connectivity index (χ1v) is 8.59. The largest absolute Gasteiger partial charge is 0.450 e. The maximum absolute atomic E-state index is 12.7. The average Bonchev–Trinajstić information content (AvgIpc) is 3.04. The molecule has 2 fully saturated rings. The predicted molar refractivity (Wildman–Crippen MR) is 90.9 cm³/mol. The minimum absolute atomic E-state index is 0.0659. The molecule has 4 rings (SSSR count). The molecule has 1 aromatic carbocycles. The highest BCUT2D eigenvalue weighted by Gasteiger charge is 2.34. The highest BCUT2D eigenvalue weighted by molar-refractivity contribution is 6.00. The van der Waals surface area contributed by atoms with Crippen LogP contribution in [0.25, 0.3) is 11.0 Å². The highest BCUT2D eigenvalue weighted by atomic mass is 16.3. The van der Waals surface area contributed by atoms with Gasteiger partial charge in [-0.3, -0.25) is 4.79 Å². The van der Waals surface area contributed by atoms with Gasteiger partial charge in [0.05, 0.1) is 0 Å². The van der Waals surface area contributed by atoms with Gasteiger partial charge in [-0.2, -0.15) is 0 Å². The van der Waals surface area contributed by atoms with Crippen molar-refractivity contribution in [3.8, 4) is 0 Å². The molecule has 4 nitrogen and oxygen atoms in total. The molecule has 2 bridgehead atoms. The number of aryl methyl sites for hydroxylation is 3. The Hall–Kier alpha value is -1.81. The molecule has 2 atom stereocenters. The van der Waals surface area contributed by atoms with E-state index in [9.17, 15) is 4.79 Å². The first kappa shape index (κ1) is 14.8. The van der Waals surface area contributed by atoms with Crippen LogP contribution in [0.15, 0.2) is 16.5 Å². The fourth-order valence-corrected chi connectivity index (χ4v) is 4.32. The van der Waals surface area contributed by atoms with Crippen molar-refractivity contribution in [2.45, 2.75) is 64.6 Å². The van der Waals surface area contributed by atoms with Gasteiger partial charge in [-0.25, -0.2) is 0 Å². The van der Waals surface area contributed by atoms with Crippen LogP contribution in [-0.2, 0) is 0 Å². The highest BCUT2D eigenvalue weighted by Crippen LogP contribution is 2.31. The number of fused-ring (bicyclic) bond motifs is 3. The fourth-order valence-electron chi connectivity index (χ4n) is 4.32. The Labute approximate surface area is 136 Å². The van der Waals surface area contributed by atoms with Gasteiger partial charge in [0.1, 0.15) is 5.58 Å². The van der Waals surface area contributed by atoms with Gasteiger partial charge >= 0.3 is 0 Å². The lowest BCUT2D eigenvalue weighted by Crippen LogP contribution is -2.48. The lowest BCUT2D eigenvalue weighted by molar-refractivity contribution is 0.0897. The van der Waals surface area contributed by atoms with Gasteiger partial charge in [0.2, 0.25) is 0 Å². The van der Waals surface area contributed by atoms with Gasteiger partial charge in [0.25, 0.3) is 5.91 Å². The molecular formula is C19H24N2O2. The summed E-state index contributed by atoms with van der Waals surface area (Å²) in [5, 5.41) is 7.89. The molecule has 2 aliphatic heterocycles. The Kier molecular flexibility index (Phi) is 3.45. The predicted octanol–water partition coefficient (Wildman–Crippen LogP) is 3.37. The zero-order chi connectivity index (χ0) is 16.1. The number of furan rings is 1. The van der Waals surface area contributed by atoms with E-state index < -0.39 is 0 Å². The quantitative estimate of drug-likeness (QED) is 0.894. The van der Waals surface area contributed by atoms with E-state index in [4.69, 9.17) is 4.42 Å². The maximum Gasteiger partial charge on any atom is 0.287 e. The minimum atomic E-state index is -0.0659. The number of nitrogens with one attached hydrogen (secondary N) is 2. The van der Waals surface area contributed by atoms with E-state index in [0.717, 1.165) is 40.5 Å². The van der Waals surface area contributed by atoms with Crippen molar-refractivity contribution >= 4 is 16.9 Å². The Morgan fingerprint density at radius 2 is 1.78 bits per heavy atom. The van der Waals surface area contributed by atoms with Gasteiger partial charge in [-0.15, -0.1) is 0 Å². The van der Waals surface area contributed by atoms with E-state index in [-0.39, 0.29) is 11.9 Å². The van der Waals surface area contributed by atoms with E-state index in [2.05, 4.69) is 23.6 Å². The summed E-state index contributed by atoms with van der Waals surface area (Å²) in [6.07, 6.45) is 4.53. The third-order valence-corrected chi connectivity index (χ3v) is 5.50. The lowest BCUT2D eigenvalue weighted by atomic mass is 9.99. The molecule has 2 unspecified atom stereocenters. The molecule has 0 aliphatic carbocycles. The van der Waals surface area contributed by atoms with Crippen molar-refractivity contribution in [3.63, 3.8) is 0 Å². The molecule has 1 amide bonds. The number of benzene rings is 1. The summed E-state index contributed by atoms with van der Waals surface area (Å²) < 4.78 is 5.96. The van der Waals surface area contributed by atoms with Crippen LogP contribution in [0.4, 0.5) is 0 Å². The summed E-state index contributed by atoms with van der Waals surface area (Å²) in [6, 6.07) is 5.54. The number of carbonyl (C=O) groups is 1. The van der Waals surface area contributed by atoms with Crippen LogP contribution in [0.2, 0.25) is 0 Å². The van der Waals surface area contributed by atoms with Crippen LogP contribution in [0.3, 0.4) is 0 Å². The number of piperidine rings is 1. The molecule has 23 heavy (non-hydrogen) atoms. The second kappa shape index (κ2) is 5.38. The van der Waals surface area contributed by atoms with Crippen molar-refractivity contribution in [1.82, 2.24) is 10.6 Å². The second-order valence-electron chi connectivity index (χ2n) is 7.24. The van der Waals surface area contributed by atoms with E-state index in [1.54, 1.807) is 0 Å². The van der Waals surface area contributed by atoms with Crippen LogP contribution >= 0.6 is 0 Å². The molecule has 2 aliphatic rings. The maximum atomic E-state index is 12.7. The Balaban J connectivity index is 1.61. The molecule has 1 aromatic heterocycles. The molecule has 2 saturated heterocycles. The number of carbonyl (C=O) groups excluding carboxylic acids is 1. The van der Waals surface area contributed by atoms with Crippen molar-refractivity contribution in [2.24, 2.45) is 0 Å². The van der Waals surface area contributed by atoms with Gasteiger partial charge < -0.3 is 15.1 Å². The van der Waals surface area contributed by atoms with Crippen LogP contribution in [-0.4, -0.2) is 24.0 Å². The second-order valence-corrected chi connectivity index (χ2v) is 7.24. The summed E-state index contributed by atoms with van der Waals surface area (Å²) in [6.45, 7) is 6.08. The number of hydrogen-bond acceptors (Lipinski definition) is 3. The van der Waals surface area contributed by atoms with Gasteiger partial charge in [0.15, 0.2) is 5.76 Å². The molecule has 0 spiro atoms. The summed E-state index contributed by atoms with van der Waals surface area (Å²) in [5.74, 6) is 0.409.